The molecular weight excluding hydrogens is 178 g/mol. The smallest absolute Gasteiger partial charge is 0.244 e. The van der Waals surface area contributed by atoms with Gasteiger partial charge in [0.1, 0.15) is 0 Å². The van der Waals surface area contributed by atoms with Gasteiger partial charge in [0.15, 0.2) is 5.13 Å². The average molecular weight is 184 g/mol. The van der Waals surface area contributed by atoms with Crippen LogP contribution in [0.5, 0.6) is 0 Å². The second-order valence-corrected chi connectivity index (χ2v) is 2.86. The Morgan fingerprint density at radius 2 is 2.58 bits per heavy atom. The van der Waals surface area contributed by atoms with Crippen molar-refractivity contribution < 1.29 is 9.59 Å². The summed E-state index contributed by atoms with van der Waals surface area (Å²) < 4.78 is 0. The molecule has 1 aromatic rings. The van der Waals surface area contributed by atoms with Crippen molar-refractivity contribution in [1.82, 2.24) is 10.7 Å². The molecule has 2 N–H and O–H groups in total. The molecule has 0 aliphatic heterocycles. The fraction of sp³-hybridized carbons (Fsp3) is 0.167. The zero-order chi connectivity index (χ0) is 8.97. The van der Waals surface area contributed by atoms with Crippen LogP contribution in [-0.4, -0.2) is 17.3 Å². The minimum Gasteiger partial charge on any atom is -0.305 e. The monoisotopic (exact) mass is 184 g/mol. The fourth-order valence-electron chi connectivity index (χ4n) is 0.669. The molecule has 0 saturated heterocycles. The molecule has 0 bridgehead atoms. The number of anilines is 1. The summed E-state index contributed by atoms with van der Waals surface area (Å²) in [4.78, 5) is 24.2. The number of carbonyl (C=O) groups excluding carboxylic acids is 2. The predicted molar refractivity (Wildman–Crippen MR) is 43.6 cm³/mol. The van der Waals surface area contributed by atoms with Crippen LogP contribution in [0.2, 0.25) is 0 Å². The van der Waals surface area contributed by atoms with E-state index in [1.807, 2.05) is 0 Å². The highest BCUT2D eigenvalue weighted by Crippen LogP contribution is 2.14. The van der Waals surface area contributed by atoms with Crippen molar-refractivity contribution in [2.24, 2.45) is 0 Å². The zero-order valence-electron chi connectivity index (χ0n) is 6.03. The molecule has 2 amide bonds. The molecule has 0 aliphatic carbocycles. The van der Waals surface area contributed by atoms with E-state index in [-0.39, 0.29) is 6.42 Å². The number of hydrogen-bond acceptors (Lipinski definition) is 4. The van der Waals surface area contributed by atoms with Gasteiger partial charge in [0.05, 0.1) is 12.1 Å². The van der Waals surface area contributed by atoms with Crippen molar-refractivity contribution in [3.63, 3.8) is 0 Å². The zero-order valence-corrected chi connectivity index (χ0v) is 6.85. The van der Waals surface area contributed by atoms with Gasteiger partial charge in [0.2, 0.25) is 12.3 Å². The van der Waals surface area contributed by atoms with Crippen LogP contribution in [0, 0.1) is 0 Å². The summed E-state index contributed by atoms with van der Waals surface area (Å²) in [7, 11) is 0. The van der Waals surface area contributed by atoms with E-state index in [0.29, 0.717) is 17.2 Å². The first-order chi connectivity index (χ1) is 5.72. The Morgan fingerprint density at radius 3 is 3.17 bits per heavy atom. The lowest BCUT2D eigenvalue weighted by molar-refractivity contribution is -0.118. The summed E-state index contributed by atoms with van der Waals surface area (Å²) >= 11 is 1.23. The van der Waals surface area contributed by atoms with Gasteiger partial charge in [-0.3, -0.25) is 15.3 Å². The van der Waals surface area contributed by atoms with Crippen molar-refractivity contribution in [2.75, 3.05) is 5.32 Å². The molecule has 0 spiro atoms. The number of carbonyl (C=O) groups is 2. The van der Waals surface area contributed by atoms with Crippen LogP contribution in [0.3, 0.4) is 0 Å². The van der Waals surface area contributed by atoms with Gasteiger partial charge in [-0.2, -0.15) is 0 Å². The van der Waals surface area contributed by atoms with Crippen LogP contribution in [0.4, 0.5) is 5.13 Å². The molecule has 5 nitrogen and oxygen atoms in total. The standard InChI is InChI=1S/C6H6N3O2S/c7-5(11)1-4-2-12-6(9-4)8-3-10/h2-3,7H,1H2,(H,8,9,10). The van der Waals surface area contributed by atoms with Gasteiger partial charge in [0.25, 0.3) is 0 Å². The lowest BCUT2D eigenvalue weighted by Crippen LogP contribution is -2.02. The minimum absolute atomic E-state index is 0.00294. The van der Waals surface area contributed by atoms with Crippen LogP contribution < -0.4 is 11.1 Å². The molecule has 1 rings (SSSR count). The molecule has 0 aromatic carbocycles. The number of aromatic nitrogens is 1. The maximum atomic E-state index is 10.3. The topological polar surface area (TPSA) is 82.9 Å². The van der Waals surface area contributed by atoms with Crippen molar-refractivity contribution >= 4 is 28.8 Å². The van der Waals surface area contributed by atoms with Crippen molar-refractivity contribution in [2.45, 2.75) is 6.42 Å². The second kappa shape index (κ2) is 3.82. The van der Waals surface area contributed by atoms with E-state index in [9.17, 15) is 9.59 Å². The first kappa shape index (κ1) is 8.66. The molecule has 63 valence electrons. The Morgan fingerprint density at radius 1 is 1.83 bits per heavy atom. The van der Waals surface area contributed by atoms with E-state index >= 15 is 0 Å². The van der Waals surface area contributed by atoms with Crippen LogP contribution in [-0.2, 0) is 16.0 Å². The molecule has 0 aliphatic rings. The van der Waals surface area contributed by atoms with Crippen molar-refractivity contribution in [3.8, 4) is 0 Å². The maximum absolute atomic E-state index is 10.3. The fourth-order valence-corrected chi connectivity index (χ4v) is 1.34. The number of nitrogens with zero attached hydrogens (tertiary/aromatic N) is 1. The summed E-state index contributed by atoms with van der Waals surface area (Å²) in [6.07, 6.45) is 0.516. The maximum Gasteiger partial charge on any atom is 0.244 e. The van der Waals surface area contributed by atoms with Crippen LogP contribution in [0.25, 0.3) is 0 Å². The van der Waals surface area contributed by atoms with Crippen molar-refractivity contribution in [3.05, 3.63) is 11.1 Å². The van der Waals surface area contributed by atoms with Crippen LogP contribution in [0.15, 0.2) is 5.38 Å². The van der Waals surface area contributed by atoms with E-state index in [0.717, 1.165) is 0 Å². The van der Waals surface area contributed by atoms with Gasteiger partial charge in [-0.25, -0.2) is 4.98 Å². The third-order valence-electron chi connectivity index (χ3n) is 1.08. The van der Waals surface area contributed by atoms with Crippen LogP contribution in [0.1, 0.15) is 5.69 Å². The highest BCUT2D eigenvalue weighted by Gasteiger charge is 2.03. The lowest BCUT2D eigenvalue weighted by Gasteiger charge is -1.88. The Labute approximate surface area is 72.6 Å². The molecule has 6 heteroatoms. The van der Waals surface area contributed by atoms with Gasteiger partial charge in [-0.05, 0) is 0 Å². The van der Waals surface area contributed by atoms with Gasteiger partial charge < -0.3 is 5.32 Å². The molecule has 12 heavy (non-hydrogen) atoms. The quantitative estimate of drug-likeness (QED) is 0.672. The van der Waals surface area contributed by atoms with E-state index in [4.69, 9.17) is 5.73 Å². The van der Waals surface area contributed by atoms with Crippen molar-refractivity contribution in [1.29, 1.82) is 0 Å². The highest BCUT2D eigenvalue weighted by atomic mass is 32.1. The minimum atomic E-state index is -0.682. The summed E-state index contributed by atoms with van der Waals surface area (Å²) in [5, 5.41) is 4.44. The number of hydrogen-bond donors (Lipinski definition) is 1. The third-order valence-corrected chi connectivity index (χ3v) is 1.90. The van der Waals surface area contributed by atoms with Gasteiger partial charge in [-0.15, -0.1) is 11.3 Å². The molecule has 1 radical (unpaired) electrons. The van der Waals surface area contributed by atoms with E-state index < -0.39 is 5.91 Å². The Bertz CT molecular complexity index is 297. The number of rotatable bonds is 4. The summed E-state index contributed by atoms with van der Waals surface area (Å²) in [6, 6.07) is 0. The molecular formula is C6H6N3O2S. The van der Waals surface area contributed by atoms with E-state index in [2.05, 4.69) is 10.3 Å². The first-order valence-corrected chi connectivity index (χ1v) is 3.99. The normalized spacial score (nSPS) is 9.33. The Balaban J connectivity index is 2.63. The molecule has 1 aromatic heterocycles. The lowest BCUT2D eigenvalue weighted by atomic mass is 10.3. The first-order valence-electron chi connectivity index (χ1n) is 3.11. The van der Waals surface area contributed by atoms with Gasteiger partial charge >= 0.3 is 0 Å². The second-order valence-electron chi connectivity index (χ2n) is 2.01. The molecule has 0 atom stereocenters. The Hall–Kier alpha value is -1.43. The number of amides is 2. The highest BCUT2D eigenvalue weighted by molar-refractivity contribution is 7.13. The summed E-state index contributed by atoms with van der Waals surface area (Å²) in [5.41, 5.74) is 7.18. The number of thiazole rings is 1. The SMILES string of the molecule is [NH]C(=O)Cc1csc(NC=O)n1. The number of nitrogens with one attached hydrogen (secondary N) is 2. The molecule has 1 heterocycles. The summed E-state index contributed by atoms with van der Waals surface area (Å²) in [5.74, 6) is -0.682. The molecule has 0 unspecified atom stereocenters. The largest absolute Gasteiger partial charge is 0.305 e. The Kier molecular flexibility index (Phi) is 2.76. The summed E-state index contributed by atoms with van der Waals surface area (Å²) in [6.45, 7) is 0. The van der Waals surface area contributed by atoms with Gasteiger partial charge in [-0.1, -0.05) is 0 Å². The molecule has 0 saturated carbocycles. The van der Waals surface area contributed by atoms with Crippen LogP contribution >= 0.6 is 11.3 Å². The van der Waals surface area contributed by atoms with E-state index in [1.54, 1.807) is 5.38 Å². The van der Waals surface area contributed by atoms with E-state index in [1.165, 1.54) is 11.3 Å². The van der Waals surface area contributed by atoms with Gasteiger partial charge in [0, 0.05) is 5.38 Å². The predicted octanol–water partition coefficient (Wildman–Crippen LogP) is 0.0634. The molecule has 0 fully saturated rings. The third kappa shape index (κ3) is 2.31. The average Bonchev–Trinajstić information content (AvgIpc) is 2.36.